The van der Waals surface area contributed by atoms with Crippen molar-refractivity contribution in [2.24, 2.45) is 5.92 Å². The zero-order valence-corrected chi connectivity index (χ0v) is 16.0. The predicted octanol–water partition coefficient (Wildman–Crippen LogP) is 3.62. The molecule has 2 fully saturated rings. The van der Waals surface area contributed by atoms with Gasteiger partial charge in [-0.3, -0.25) is 14.4 Å². The van der Waals surface area contributed by atoms with Crippen LogP contribution in [0.4, 0.5) is 13.2 Å². The van der Waals surface area contributed by atoms with Crippen molar-refractivity contribution in [3.63, 3.8) is 0 Å². The molecule has 0 radical (unpaired) electrons. The minimum atomic E-state index is -4.41. The monoisotopic (exact) mass is 386 g/mol. The predicted molar refractivity (Wildman–Crippen MR) is 96.1 cm³/mol. The molecule has 0 spiro atoms. The molecule has 1 atom stereocenters. The van der Waals surface area contributed by atoms with Gasteiger partial charge in [0, 0.05) is 25.3 Å². The van der Waals surface area contributed by atoms with Crippen molar-refractivity contribution in [3.8, 4) is 0 Å². The fourth-order valence-corrected chi connectivity index (χ4v) is 4.12. The highest BCUT2D eigenvalue weighted by molar-refractivity contribution is 5.81. The molecule has 1 N–H and O–H groups in total. The topological polar surface area (TPSA) is 50.2 Å². The van der Waals surface area contributed by atoms with E-state index in [2.05, 4.69) is 22.2 Å². The highest BCUT2D eigenvalue weighted by Gasteiger charge is 2.35. The number of amides is 1. The van der Waals surface area contributed by atoms with Crippen LogP contribution in [0.2, 0.25) is 0 Å². The van der Waals surface area contributed by atoms with E-state index in [1.807, 2.05) is 6.92 Å². The Morgan fingerprint density at radius 3 is 2.37 bits per heavy atom. The van der Waals surface area contributed by atoms with E-state index in [0.29, 0.717) is 25.9 Å². The average Bonchev–Trinajstić information content (AvgIpc) is 3.14. The normalized spacial score (nSPS) is 26.7. The first kappa shape index (κ1) is 20.2. The zero-order chi connectivity index (χ0) is 19.6. The van der Waals surface area contributed by atoms with Crippen LogP contribution in [0.5, 0.6) is 0 Å². The molecule has 2 aliphatic rings. The summed E-state index contributed by atoms with van der Waals surface area (Å²) in [6.07, 6.45) is 2.79. The Morgan fingerprint density at radius 1 is 1.19 bits per heavy atom. The number of nitrogens with zero attached hydrogens (tertiary/aromatic N) is 3. The molecular formula is C19H29F3N4O. The Morgan fingerprint density at radius 2 is 1.81 bits per heavy atom. The molecule has 1 saturated carbocycles. The Bertz CT molecular complexity index is 629. The summed E-state index contributed by atoms with van der Waals surface area (Å²) in [5.74, 6) is 0.807. The summed E-state index contributed by atoms with van der Waals surface area (Å²) in [6.45, 7) is 5.53. The number of likely N-dealkylation sites (tertiary alicyclic amines) is 1. The van der Waals surface area contributed by atoms with Gasteiger partial charge in [0.25, 0.3) is 0 Å². The van der Waals surface area contributed by atoms with Crippen LogP contribution < -0.4 is 5.32 Å². The van der Waals surface area contributed by atoms with E-state index < -0.39 is 11.9 Å². The minimum absolute atomic E-state index is 0.0487. The number of aromatic nitrogens is 2. The molecule has 1 unspecified atom stereocenters. The first-order chi connectivity index (χ1) is 12.7. The van der Waals surface area contributed by atoms with Crippen molar-refractivity contribution in [2.45, 2.75) is 76.7 Å². The quantitative estimate of drug-likeness (QED) is 0.860. The van der Waals surface area contributed by atoms with E-state index >= 15 is 0 Å². The van der Waals surface area contributed by atoms with Crippen LogP contribution in [0.15, 0.2) is 12.3 Å². The molecule has 8 heteroatoms. The van der Waals surface area contributed by atoms with Gasteiger partial charge in [-0.1, -0.05) is 6.92 Å². The number of carbonyl (C=O) groups excluding carboxylic acids is 1. The Kier molecular flexibility index (Phi) is 6.13. The van der Waals surface area contributed by atoms with Crippen LogP contribution in [-0.4, -0.2) is 45.8 Å². The fourth-order valence-electron chi connectivity index (χ4n) is 4.12. The fraction of sp³-hybridized carbons (Fsp3) is 0.789. The van der Waals surface area contributed by atoms with E-state index in [-0.39, 0.29) is 24.0 Å². The van der Waals surface area contributed by atoms with Crippen LogP contribution in [-0.2, 0) is 11.0 Å². The lowest BCUT2D eigenvalue weighted by molar-refractivity contribution is -0.141. The largest absolute Gasteiger partial charge is 0.435 e. The summed E-state index contributed by atoms with van der Waals surface area (Å²) < 4.78 is 39.6. The van der Waals surface area contributed by atoms with Gasteiger partial charge in [0.15, 0.2) is 5.69 Å². The molecule has 27 heavy (non-hydrogen) atoms. The van der Waals surface area contributed by atoms with E-state index in [1.165, 1.54) is 10.9 Å². The maximum atomic E-state index is 12.7. The van der Waals surface area contributed by atoms with Gasteiger partial charge in [-0.15, -0.1) is 0 Å². The lowest BCUT2D eigenvalue weighted by atomic mass is 9.87. The van der Waals surface area contributed by atoms with Crippen molar-refractivity contribution >= 4 is 5.91 Å². The number of hydrogen-bond donors (Lipinski definition) is 1. The SMILES string of the molecule is CC1CCC(NC(=O)C(C)N2CCC(n3ccc(C(F)(F)F)n3)CC2)CC1. The van der Waals surface area contributed by atoms with Crippen LogP contribution >= 0.6 is 0 Å². The molecule has 1 aliphatic heterocycles. The molecule has 152 valence electrons. The number of nitrogens with one attached hydrogen (secondary N) is 1. The maximum absolute atomic E-state index is 12.7. The smallest absolute Gasteiger partial charge is 0.352 e. The van der Waals surface area contributed by atoms with Crippen molar-refractivity contribution in [3.05, 3.63) is 18.0 Å². The second-order valence-corrected chi connectivity index (χ2v) is 8.09. The third kappa shape index (κ3) is 5.03. The molecule has 1 aliphatic carbocycles. The molecule has 1 saturated heterocycles. The number of carbonyl (C=O) groups is 1. The van der Waals surface area contributed by atoms with Gasteiger partial charge in [-0.05, 0) is 57.4 Å². The van der Waals surface area contributed by atoms with Crippen molar-refractivity contribution in [1.82, 2.24) is 20.0 Å². The van der Waals surface area contributed by atoms with Gasteiger partial charge < -0.3 is 5.32 Å². The summed E-state index contributed by atoms with van der Waals surface area (Å²) in [5.41, 5.74) is -0.848. The van der Waals surface area contributed by atoms with Gasteiger partial charge in [0.1, 0.15) is 0 Å². The van der Waals surface area contributed by atoms with E-state index in [1.54, 1.807) is 0 Å². The average molecular weight is 386 g/mol. The van der Waals surface area contributed by atoms with Gasteiger partial charge in [-0.2, -0.15) is 18.3 Å². The second kappa shape index (κ2) is 8.20. The van der Waals surface area contributed by atoms with Gasteiger partial charge in [-0.25, -0.2) is 0 Å². The first-order valence-electron chi connectivity index (χ1n) is 9.91. The number of piperidine rings is 1. The summed E-state index contributed by atoms with van der Waals surface area (Å²) in [4.78, 5) is 14.7. The van der Waals surface area contributed by atoms with Crippen LogP contribution in [0.1, 0.15) is 64.1 Å². The Balaban J connectivity index is 1.48. The Labute approximate surface area is 158 Å². The zero-order valence-electron chi connectivity index (χ0n) is 16.0. The number of halogens is 3. The van der Waals surface area contributed by atoms with E-state index in [4.69, 9.17) is 0 Å². The molecule has 3 rings (SSSR count). The number of alkyl halides is 3. The van der Waals surface area contributed by atoms with Crippen LogP contribution in [0.3, 0.4) is 0 Å². The van der Waals surface area contributed by atoms with Gasteiger partial charge in [0.05, 0.1) is 12.1 Å². The van der Waals surface area contributed by atoms with Crippen molar-refractivity contribution in [2.75, 3.05) is 13.1 Å². The molecule has 1 amide bonds. The summed E-state index contributed by atoms with van der Waals surface area (Å²) >= 11 is 0. The lowest BCUT2D eigenvalue weighted by Gasteiger charge is -2.36. The molecule has 0 aromatic carbocycles. The van der Waals surface area contributed by atoms with Gasteiger partial charge >= 0.3 is 6.18 Å². The van der Waals surface area contributed by atoms with Crippen molar-refractivity contribution in [1.29, 1.82) is 0 Å². The standard InChI is InChI=1S/C19H29F3N4O/c1-13-3-5-15(6-4-13)23-18(27)14(2)25-10-7-16(8-11-25)26-12-9-17(24-26)19(20,21)22/h9,12-16H,3-8,10-11H2,1-2H3,(H,23,27). The minimum Gasteiger partial charge on any atom is -0.352 e. The van der Waals surface area contributed by atoms with E-state index in [9.17, 15) is 18.0 Å². The van der Waals surface area contributed by atoms with Crippen LogP contribution in [0.25, 0.3) is 0 Å². The van der Waals surface area contributed by atoms with Gasteiger partial charge in [0.2, 0.25) is 5.91 Å². The Hall–Kier alpha value is -1.57. The van der Waals surface area contributed by atoms with E-state index in [0.717, 1.165) is 37.7 Å². The second-order valence-electron chi connectivity index (χ2n) is 8.09. The maximum Gasteiger partial charge on any atom is 0.435 e. The summed E-state index contributed by atoms with van der Waals surface area (Å²) in [6, 6.07) is 1.03. The van der Waals surface area contributed by atoms with Crippen molar-refractivity contribution < 1.29 is 18.0 Å². The molecule has 1 aromatic heterocycles. The highest BCUT2D eigenvalue weighted by Crippen LogP contribution is 2.30. The molecule has 5 nitrogen and oxygen atoms in total. The first-order valence-corrected chi connectivity index (χ1v) is 9.91. The van der Waals surface area contributed by atoms with Crippen LogP contribution in [0, 0.1) is 5.92 Å². The number of rotatable bonds is 4. The highest BCUT2D eigenvalue weighted by atomic mass is 19.4. The third-order valence-electron chi connectivity index (χ3n) is 6.06. The lowest BCUT2D eigenvalue weighted by Crippen LogP contribution is -2.51. The third-order valence-corrected chi connectivity index (χ3v) is 6.06. The molecule has 0 bridgehead atoms. The molecule has 1 aromatic rings. The molecular weight excluding hydrogens is 357 g/mol. The summed E-state index contributed by atoms with van der Waals surface area (Å²) in [7, 11) is 0. The molecule has 2 heterocycles. The summed E-state index contributed by atoms with van der Waals surface area (Å²) in [5, 5.41) is 6.86. The number of hydrogen-bond acceptors (Lipinski definition) is 3.